The van der Waals surface area contributed by atoms with Gasteiger partial charge in [0.05, 0.1) is 66.8 Å². The van der Waals surface area contributed by atoms with Gasteiger partial charge in [0.15, 0.2) is 0 Å². The molecule has 350 valence electrons. The van der Waals surface area contributed by atoms with Gasteiger partial charge in [-0.1, -0.05) is 42.5 Å². The molecule has 0 amide bonds. The third-order valence-electron chi connectivity index (χ3n) is 10.2. The van der Waals surface area contributed by atoms with Gasteiger partial charge >= 0.3 is 71.6 Å². The largest absolute Gasteiger partial charge is 0.478 e. The maximum absolute atomic E-state index is 14.3. The van der Waals surface area contributed by atoms with Crippen LogP contribution in [0.15, 0.2) is 109 Å². The lowest BCUT2D eigenvalue weighted by Crippen LogP contribution is -2.22. The molecule has 6 rings (SSSR count). The molecule has 0 aliphatic rings. The van der Waals surface area contributed by atoms with Crippen molar-refractivity contribution < 1.29 is 108 Å². The van der Waals surface area contributed by atoms with Crippen LogP contribution < -0.4 is 0 Å². The van der Waals surface area contributed by atoms with Crippen LogP contribution in [0.4, 0.5) is 0 Å². The highest BCUT2D eigenvalue weighted by Gasteiger charge is 2.32. The highest BCUT2D eigenvalue weighted by molar-refractivity contribution is 6.16. The molecule has 0 saturated carbocycles. The smallest absolute Gasteiger partial charge is 0.347 e. The minimum atomic E-state index is -1.81. The molecule has 0 heterocycles. The number of ether oxygens (including phenoxy) is 2. The molecule has 0 unspecified atom stereocenters. The highest BCUT2D eigenvalue weighted by Crippen LogP contribution is 2.33. The van der Waals surface area contributed by atoms with E-state index in [0.717, 1.165) is 109 Å². The molecule has 0 aromatic heterocycles. The van der Waals surface area contributed by atoms with Gasteiger partial charge < -0.3 is 50.3 Å². The molecule has 22 nitrogen and oxygen atoms in total. The van der Waals surface area contributed by atoms with E-state index < -0.39 is 144 Å². The SMILES string of the molecule is O=C(O)c1ccc(-c2ccc(C(=O)O)c(C(=O)OC(=O)c3cccc(-c4ccc(C(=O)O)c(C(=O)O)c4)c3C(=O)OC(=O)c3cc(-c4ccc(C(=O)O)c(C(=O)O)c4)ccc3C(=O)O)c2)cc1C(=O)O. The Morgan fingerprint density at radius 1 is 0.257 bits per heavy atom. The summed E-state index contributed by atoms with van der Waals surface area (Å²) in [5.74, 6) is -20.5. The van der Waals surface area contributed by atoms with Gasteiger partial charge in [-0.05, 0) is 100 Å². The number of carbonyl (C=O) groups excluding carboxylic acids is 4. The number of benzene rings is 6. The summed E-state index contributed by atoms with van der Waals surface area (Å²) in [4.78, 5) is 151. The zero-order valence-electron chi connectivity index (χ0n) is 34.7. The van der Waals surface area contributed by atoms with Crippen LogP contribution in [0, 0.1) is 0 Å². The van der Waals surface area contributed by atoms with Crippen LogP contribution >= 0.6 is 0 Å². The first-order valence-electron chi connectivity index (χ1n) is 19.2. The quantitative estimate of drug-likeness (QED) is 0.0415. The Morgan fingerprint density at radius 2 is 0.514 bits per heavy atom. The second-order valence-corrected chi connectivity index (χ2v) is 14.3. The monoisotopic (exact) mass is 954 g/mol. The summed E-state index contributed by atoms with van der Waals surface area (Å²) < 4.78 is 10.1. The van der Waals surface area contributed by atoms with Crippen molar-refractivity contribution in [1.29, 1.82) is 0 Å². The number of esters is 4. The molecule has 0 radical (unpaired) electrons. The molecule has 0 atom stereocenters. The Balaban J connectivity index is 1.46. The third-order valence-corrected chi connectivity index (χ3v) is 10.2. The predicted molar refractivity (Wildman–Crippen MR) is 231 cm³/mol. The molecule has 6 aromatic rings. The summed E-state index contributed by atoms with van der Waals surface area (Å²) in [5, 5.41) is 77.4. The second kappa shape index (κ2) is 19.4. The number of carbonyl (C=O) groups is 12. The van der Waals surface area contributed by atoms with E-state index in [1.54, 1.807) is 0 Å². The average Bonchev–Trinajstić information content (AvgIpc) is 3.32. The van der Waals surface area contributed by atoms with E-state index in [0.29, 0.717) is 0 Å². The van der Waals surface area contributed by atoms with Crippen LogP contribution in [-0.2, 0) is 9.47 Å². The van der Waals surface area contributed by atoms with Gasteiger partial charge in [0, 0.05) is 0 Å². The van der Waals surface area contributed by atoms with Crippen molar-refractivity contribution in [3.8, 4) is 33.4 Å². The highest BCUT2D eigenvalue weighted by atomic mass is 16.6. The Morgan fingerprint density at radius 3 is 0.843 bits per heavy atom. The van der Waals surface area contributed by atoms with Crippen LogP contribution in [0.3, 0.4) is 0 Å². The Labute approximate surface area is 388 Å². The summed E-state index contributed by atoms with van der Waals surface area (Å²) in [7, 11) is 0. The molecule has 22 heteroatoms. The lowest BCUT2D eigenvalue weighted by Gasteiger charge is -2.15. The molecular formula is C48H26O22. The molecule has 0 spiro atoms. The van der Waals surface area contributed by atoms with Gasteiger partial charge in [-0.25, -0.2) is 57.5 Å². The van der Waals surface area contributed by atoms with Crippen molar-refractivity contribution in [3.05, 3.63) is 176 Å². The van der Waals surface area contributed by atoms with Gasteiger partial charge in [0.25, 0.3) is 0 Å². The number of hydrogen-bond acceptors (Lipinski definition) is 14. The predicted octanol–water partition coefficient (Wildman–Crippen LogP) is 6.27. The first kappa shape index (κ1) is 48.8. The fraction of sp³-hybridized carbons (Fsp3) is 0. The Hall–Kier alpha value is -10.6. The van der Waals surface area contributed by atoms with Gasteiger partial charge in [0.1, 0.15) is 0 Å². The Kier molecular flexibility index (Phi) is 13.6. The summed E-state index contributed by atoms with van der Waals surface area (Å²) >= 11 is 0. The first-order valence-corrected chi connectivity index (χ1v) is 19.2. The molecule has 0 fully saturated rings. The van der Waals surface area contributed by atoms with E-state index in [2.05, 4.69) is 0 Å². The zero-order valence-corrected chi connectivity index (χ0v) is 34.7. The third kappa shape index (κ3) is 9.80. The van der Waals surface area contributed by atoms with Crippen molar-refractivity contribution in [2.24, 2.45) is 0 Å². The normalized spacial score (nSPS) is 10.6. The van der Waals surface area contributed by atoms with Crippen molar-refractivity contribution in [1.82, 2.24) is 0 Å². The summed E-state index contributed by atoms with van der Waals surface area (Å²) in [5.41, 5.74) is -10.6. The number of carboxylic acid groups (broad SMARTS) is 8. The fourth-order valence-corrected chi connectivity index (χ4v) is 6.98. The summed E-state index contributed by atoms with van der Waals surface area (Å²) in [6, 6.07) is 17.1. The maximum Gasteiger partial charge on any atom is 0.347 e. The first-order chi connectivity index (χ1) is 33.0. The van der Waals surface area contributed by atoms with Gasteiger partial charge in [-0.2, -0.15) is 0 Å². The van der Waals surface area contributed by atoms with Crippen LogP contribution in [-0.4, -0.2) is 112 Å². The van der Waals surface area contributed by atoms with Crippen molar-refractivity contribution in [2.45, 2.75) is 0 Å². The van der Waals surface area contributed by atoms with E-state index in [1.807, 2.05) is 0 Å². The number of aromatic carboxylic acids is 8. The lowest BCUT2D eigenvalue weighted by atomic mass is 9.92. The lowest BCUT2D eigenvalue weighted by molar-refractivity contribution is 0.0354. The standard InChI is InChI=1S/C48H26O22/c49-37(50)25-9-4-19(14-31(25)42(59)60)21-6-11-28(40(55)56)34(16-21)46(66)69-45(65)30-3-1-2-24(23-8-13-27(39(53)54)33(18-23)44(63)64)36(30)48(68)70-47(67)35-17-22(7-12-29(35)41(57)58)20-5-10-26(38(51)52)32(15-20)43(61)62/h1-18H,(H,49,50)(H,51,52)(H,53,54)(H,55,56)(H,57,58)(H,59,60)(H,61,62)(H,63,64). The Bertz CT molecular complexity index is 3380. The zero-order chi connectivity index (χ0) is 51.5. The van der Waals surface area contributed by atoms with Gasteiger partial charge in [-0.15, -0.1) is 0 Å². The van der Waals surface area contributed by atoms with E-state index in [9.17, 15) is 98.4 Å². The maximum atomic E-state index is 14.3. The number of rotatable bonds is 15. The minimum Gasteiger partial charge on any atom is -0.478 e. The van der Waals surface area contributed by atoms with E-state index >= 15 is 0 Å². The molecular weight excluding hydrogens is 929 g/mol. The molecule has 0 aliphatic carbocycles. The topological polar surface area (TPSA) is 385 Å². The van der Waals surface area contributed by atoms with Crippen molar-refractivity contribution in [2.75, 3.05) is 0 Å². The van der Waals surface area contributed by atoms with Gasteiger partial charge in [-0.3, -0.25) is 0 Å². The van der Waals surface area contributed by atoms with Crippen LogP contribution in [0.1, 0.15) is 124 Å². The van der Waals surface area contributed by atoms with Crippen molar-refractivity contribution >= 4 is 71.6 Å². The molecule has 6 aromatic carbocycles. The van der Waals surface area contributed by atoms with Crippen molar-refractivity contribution in [3.63, 3.8) is 0 Å². The van der Waals surface area contributed by atoms with Crippen LogP contribution in [0.5, 0.6) is 0 Å². The summed E-state index contributed by atoms with van der Waals surface area (Å²) in [6.45, 7) is 0. The number of carboxylic acids is 8. The number of hydrogen-bond donors (Lipinski definition) is 8. The fourth-order valence-electron chi connectivity index (χ4n) is 6.98. The van der Waals surface area contributed by atoms with E-state index in [4.69, 9.17) is 9.47 Å². The molecule has 0 aliphatic heterocycles. The summed E-state index contributed by atoms with van der Waals surface area (Å²) in [6.07, 6.45) is 0. The average molecular weight is 955 g/mol. The second-order valence-electron chi connectivity index (χ2n) is 14.3. The molecule has 70 heavy (non-hydrogen) atoms. The van der Waals surface area contributed by atoms with Crippen LogP contribution in [0.25, 0.3) is 33.4 Å². The minimum absolute atomic E-state index is 0.0468. The van der Waals surface area contributed by atoms with E-state index in [-0.39, 0.29) is 27.8 Å². The molecule has 0 saturated heterocycles. The van der Waals surface area contributed by atoms with Crippen LogP contribution in [0.2, 0.25) is 0 Å². The molecule has 0 bridgehead atoms. The van der Waals surface area contributed by atoms with Gasteiger partial charge in [0.2, 0.25) is 0 Å². The van der Waals surface area contributed by atoms with E-state index in [1.165, 1.54) is 0 Å². The molecule has 8 N–H and O–H groups in total.